The van der Waals surface area contributed by atoms with Crippen molar-refractivity contribution < 1.29 is 13.2 Å². The number of nitrogens with zero attached hydrogens (tertiary/aromatic N) is 3. The van der Waals surface area contributed by atoms with E-state index in [1.165, 1.54) is 0 Å². The zero-order valence-corrected chi connectivity index (χ0v) is 13.8. The molecule has 3 aromatic rings. The van der Waals surface area contributed by atoms with Gasteiger partial charge in [-0.05, 0) is 48.2 Å². The van der Waals surface area contributed by atoms with Crippen LogP contribution in [0.25, 0.3) is 22.0 Å². The Hall–Kier alpha value is -2.50. The fraction of sp³-hybridized carbons (Fsp3) is 0.316. The highest BCUT2D eigenvalue weighted by Crippen LogP contribution is 2.26. The summed E-state index contributed by atoms with van der Waals surface area (Å²) in [7, 11) is 0. The van der Waals surface area contributed by atoms with Crippen LogP contribution >= 0.6 is 0 Å². The molecule has 2 aromatic heterocycles. The molecule has 2 heterocycles. The predicted molar refractivity (Wildman–Crippen MR) is 91.1 cm³/mol. The largest absolute Gasteiger partial charge is 0.389 e. The van der Waals surface area contributed by atoms with Crippen molar-refractivity contribution >= 4 is 10.9 Å². The molecular formula is C19H18F3N3. The summed E-state index contributed by atoms with van der Waals surface area (Å²) in [4.78, 5) is 12.9. The number of pyridine rings is 1. The van der Waals surface area contributed by atoms with Gasteiger partial charge in [0.2, 0.25) is 0 Å². The van der Waals surface area contributed by atoms with E-state index in [2.05, 4.69) is 15.0 Å². The highest BCUT2D eigenvalue weighted by Gasteiger charge is 2.26. The molecule has 0 aliphatic carbocycles. The van der Waals surface area contributed by atoms with Gasteiger partial charge in [0, 0.05) is 30.6 Å². The molecule has 0 fully saturated rings. The van der Waals surface area contributed by atoms with Crippen molar-refractivity contribution in [2.75, 3.05) is 0 Å². The Kier molecular flexibility index (Phi) is 4.97. The van der Waals surface area contributed by atoms with Crippen LogP contribution in [0.2, 0.25) is 0 Å². The molecule has 0 amide bonds. The van der Waals surface area contributed by atoms with Gasteiger partial charge in [0.05, 0.1) is 11.2 Å². The van der Waals surface area contributed by atoms with Crippen LogP contribution < -0.4 is 0 Å². The fourth-order valence-corrected chi connectivity index (χ4v) is 2.80. The first-order valence-electron chi connectivity index (χ1n) is 8.23. The van der Waals surface area contributed by atoms with Gasteiger partial charge in [0.15, 0.2) is 0 Å². The number of aromatic nitrogens is 3. The Morgan fingerprint density at radius 1 is 0.960 bits per heavy atom. The van der Waals surface area contributed by atoms with Crippen LogP contribution in [0.15, 0.2) is 42.7 Å². The fourth-order valence-electron chi connectivity index (χ4n) is 2.80. The smallest absolute Gasteiger partial charge is 0.265 e. The van der Waals surface area contributed by atoms with Crippen LogP contribution in [0.3, 0.4) is 0 Å². The van der Waals surface area contributed by atoms with Crippen LogP contribution in [0, 0.1) is 0 Å². The molecule has 3 nitrogen and oxygen atoms in total. The Bertz CT molecular complexity index is 861. The monoisotopic (exact) mass is 345 g/mol. The molecule has 0 radical (unpaired) electrons. The van der Waals surface area contributed by atoms with Crippen LogP contribution in [0.4, 0.5) is 13.2 Å². The van der Waals surface area contributed by atoms with Crippen molar-refractivity contribution in [2.45, 2.75) is 38.8 Å². The summed E-state index contributed by atoms with van der Waals surface area (Å²) in [6, 6.07) is 9.75. The molecule has 0 aliphatic rings. The first kappa shape index (κ1) is 17.3. The minimum Gasteiger partial charge on any atom is -0.265 e. The number of halogens is 3. The number of fused-ring (bicyclic) bond motifs is 1. The van der Waals surface area contributed by atoms with Crippen molar-refractivity contribution in [1.29, 1.82) is 0 Å². The van der Waals surface area contributed by atoms with Gasteiger partial charge in [-0.15, -0.1) is 0 Å². The lowest BCUT2D eigenvalue weighted by Crippen LogP contribution is -2.08. The quantitative estimate of drug-likeness (QED) is 0.643. The summed E-state index contributed by atoms with van der Waals surface area (Å²) < 4.78 is 37.0. The normalized spacial score (nSPS) is 11.8. The number of benzene rings is 1. The van der Waals surface area contributed by atoms with E-state index >= 15 is 0 Å². The molecular weight excluding hydrogens is 327 g/mol. The van der Waals surface area contributed by atoms with Crippen molar-refractivity contribution in [3.63, 3.8) is 0 Å². The summed E-state index contributed by atoms with van der Waals surface area (Å²) in [5.41, 5.74) is 3.72. The Morgan fingerprint density at radius 3 is 2.40 bits per heavy atom. The zero-order chi connectivity index (χ0) is 17.9. The number of hydrogen-bond acceptors (Lipinski definition) is 3. The van der Waals surface area contributed by atoms with Crippen LogP contribution in [-0.4, -0.2) is 21.1 Å². The molecule has 0 saturated carbocycles. The van der Waals surface area contributed by atoms with Gasteiger partial charge in [0.25, 0.3) is 0 Å². The summed E-state index contributed by atoms with van der Waals surface area (Å²) in [5, 5.41) is 0.941. The average Bonchev–Trinajstić information content (AvgIpc) is 2.60. The van der Waals surface area contributed by atoms with Crippen molar-refractivity contribution in [3.8, 4) is 11.1 Å². The molecule has 0 N–H and O–H groups in total. The minimum absolute atomic E-state index is 0.00720. The van der Waals surface area contributed by atoms with Gasteiger partial charge < -0.3 is 0 Å². The van der Waals surface area contributed by atoms with E-state index in [0.717, 1.165) is 27.7 Å². The molecule has 6 heteroatoms. The van der Waals surface area contributed by atoms with E-state index in [1.54, 1.807) is 12.4 Å². The number of aryl methyl sites for hydroxylation is 2. The third kappa shape index (κ3) is 4.32. The molecule has 3 rings (SSSR count). The molecule has 0 bridgehead atoms. The maximum Gasteiger partial charge on any atom is 0.389 e. The standard InChI is InChI=1S/C19H18F3N3/c1-2-16-15-12-14(13-7-10-23-11-8-13)5-6-17(15)25-18(24-16)4-3-9-19(20,21)22/h5-8,10-12H,2-4,9H2,1H3. The van der Waals surface area contributed by atoms with Gasteiger partial charge in [-0.25, -0.2) is 9.97 Å². The lowest BCUT2D eigenvalue weighted by atomic mass is 10.0. The lowest BCUT2D eigenvalue weighted by molar-refractivity contribution is -0.135. The topological polar surface area (TPSA) is 38.7 Å². The highest BCUT2D eigenvalue weighted by atomic mass is 19.4. The van der Waals surface area contributed by atoms with Gasteiger partial charge in [-0.3, -0.25) is 4.98 Å². The van der Waals surface area contributed by atoms with Gasteiger partial charge in [-0.1, -0.05) is 13.0 Å². The van der Waals surface area contributed by atoms with Crippen molar-refractivity contribution in [3.05, 3.63) is 54.2 Å². The predicted octanol–water partition coefficient (Wildman–Crippen LogP) is 5.14. The molecule has 0 unspecified atom stereocenters. The molecule has 0 spiro atoms. The molecule has 0 saturated heterocycles. The highest BCUT2D eigenvalue weighted by molar-refractivity contribution is 5.86. The second-order valence-corrected chi connectivity index (χ2v) is 5.88. The average molecular weight is 345 g/mol. The second kappa shape index (κ2) is 7.17. The zero-order valence-electron chi connectivity index (χ0n) is 13.8. The van der Waals surface area contributed by atoms with Gasteiger partial charge >= 0.3 is 6.18 Å². The van der Waals surface area contributed by atoms with Crippen molar-refractivity contribution in [1.82, 2.24) is 15.0 Å². The number of hydrogen-bond donors (Lipinski definition) is 0. The van der Waals surface area contributed by atoms with E-state index in [-0.39, 0.29) is 12.8 Å². The number of rotatable bonds is 5. The van der Waals surface area contributed by atoms with Crippen LogP contribution in [0.1, 0.15) is 31.3 Å². The maximum atomic E-state index is 12.3. The van der Waals surface area contributed by atoms with Gasteiger partial charge in [0.1, 0.15) is 5.82 Å². The van der Waals surface area contributed by atoms with E-state index in [0.29, 0.717) is 12.2 Å². The summed E-state index contributed by atoms with van der Waals surface area (Å²) in [6.07, 6.45) is -0.533. The minimum atomic E-state index is -4.14. The van der Waals surface area contributed by atoms with Crippen LogP contribution in [0.5, 0.6) is 0 Å². The van der Waals surface area contributed by atoms with Crippen LogP contribution in [-0.2, 0) is 12.8 Å². The molecule has 1 aromatic carbocycles. The van der Waals surface area contributed by atoms with Gasteiger partial charge in [-0.2, -0.15) is 13.2 Å². The lowest BCUT2D eigenvalue weighted by Gasteiger charge is -2.10. The second-order valence-electron chi connectivity index (χ2n) is 5.88. The first-order chi connectivity index (χ1) is 12.0. The third-order valence-corrected chi connectivity index (χ3v) is 4.03. The molecule has 0 atom stereocenters. The van der Waals surface area contributed by atoms with E-state index < -0.39 is 12.6 Å². The molecule has 25 heavy (non-hydrogen) atoms. The first-order valence-corrected chi connectivity index (χ1v) is 8.23. The SMILES string of the molecule is CCc1nc(CCCC(F)(F)F)nc2ccc(-c3ccncc3)cc12. The van der Waals surface area contributed by atoms with E-state index in [1.807, 2.05) is 37.3 Å². The summed E-state index contributed by atoms with van der Waals surface area (Å²) in [5.74, 6) is 0.477. The summed E-state index contributed by atoms with van der Waals surface area (Å²) >= 11 is 0. The van der Waals surface area contributed by atoms with Crippen molar-refractivity contribution in [2.24, 2.45) is 0 Å². The Morgan fingerprint density at radius 2 is 1.72 bits per heavy atom. The third-order valence-electron chi connectivity index (χ3n) is 4.03. The van der Waals surface area contributed by atoms with E-state index in [4.69, 9.17) is 0 Å². The van der Waals surface area contributed by atoms with E-state index in [9.17, 15) is 13.2 Å². The maximum absolute atomic E-state index is 12.3. The number of alkyl halides is 3. The Labute approximate surface area is 144 Å². The molecule has 0 aliphatic heterocycles. The Balaban J connectivity index is 1.92. The molecule has 130 valence electrons. The summed E-state index contributed by atoms with van der Waals surface area (Å²) in [6.45, 7) is 1.99.